The maximum absolute atomic E-state index is 10.9. The first-order valence-electron chi connectivity index (χ1n) is 6.23. The van der Waals surface area contributed by atoms with Crippen LogP contribution in [0.5, 0.6) is 0 Å². The summed E-state index contributed by atoms with van der Waals surface area (Å²) in [4.78, 5) is 13.2. The number of nitrogens with zero attached hydrogens (tertiary/aromatic N) is 1. The number of aryl methyl sites for hydroxylation is 1. The summed E-state index contributed by atoms with van der Waals surface area (Å²) in [5.41, 5.74) is 3.91. The van der Waals surface area contributed by atoms with Crippen molar-refractivity contribution in [3.8, 4) is 0 Å². The molecule has 1 aromatic rings. The lowest BCUT2D eigenvalue weighted by molar-refractivity contribution is -0.138. The number of fused-ring (bicyclic) bond motifs is 1. The van der Waals surface area contributed by atoms with Gasteiger partial charge < -0.3 is 10.0 Å². The molecule has 0 spiro atoms. The minimum atomic E-state index is -0.648. The zero-order chi connectivity index (χ0) is 12.0. The molecule has 2 unspecified atom stereocenters. The quantitative estimate of drug-likeness (QED) is 0.848. The Bertz CT molecular complexity index is 469. The summed E-state index contributed by atoms with van der Waals surface area (Å²) in [6, 6.07) is 6.48. The number of hydrogen-bond acceptors (Lipinski definition) is 2. The number of hydrogen-bond donors (Lipinski definition) is 1. The van der Waals surface area contributed by atoms with Crippen LogP contribution in [0.25, 0.3) is 0 Å². The fourth-order valence-electron chi connectivity index (χ4n) is 2.87. The molecule has 0 radical (unpaired) electrons. The molecule has 2 aliphatic rings. The lowest BCUT2D eigenvalue weighted by Crippen LogP contribution is -2.24. The second kappa shape index (κ2) is 3.76. The van der Waals surface area contributed by atoms with Gasteiger partial charge in [0.1, 0.15) is 0 Å². The normalized spacial score (nSPS) is 26.5. The molecule has 1 aliphatic heterocycles. The Kier molecular flexibility index (Phi) is 2.35. The summed E-state index contributed by atoms with van der Waals surface area (Å²) in [6.45, 7) is 1.12. The Hall–Kier alpha value is -1.51. The van der Waals surface area contributed by atoms with E-state index in [1.54, 1.807) is 0 Å². The van der Waals surface area contributed by atoms with Crippen molar-refractivity contribution in [2.24, 2.45) is 5.92 Å². The second-order valence-corrected chi connectivity index (χ2v) is 5.20. The smallest absolute Gasteiger partial charge is 0.307 e. The highest BCUT2D eigenvalue weighted by Gasteiger charge is 2.44. The first-order chi connectivity index (χ1) is 8.16. The van der Waals surface area contributed by atoms with Gasteiger partial charge in [-0.2, -0.15) is 0 Å². The average Bonchev–Trinajstić information content (AvgIpc) is 3.09. The molecular formula is C14H17NO2. The maximum atomic E-state index is 10.9. The van der Waals surface area contributed by atoms with Crippen LogP contribution >= 0.6 is 0 Å². The predicted molar refractivity (Wildman–Crippen MR) is 66.5 cm³/mol. The summed E-state index contributed by atoms with van der Waals surface area (Å²) in [7, 11) is 2.12. The summed E-state index contributed by atoms with van der Waals surface area (Å²) in [5, 5.41) is 8.96. The van der Waals surface area contributed by atoms with Crippen molar-refractivity contribution in [1.82, 2.24) is 0 Å². The van der Waals surface area contributed by atoms with Crippen molar-refractivity contribution in [2.45, 2.75) is 25.2 Å². The largest absolute Gasteiger partial charge is 0.481 e. The molecule has 17 heavy (non-hydrogen) atoms. The van der Waals surface area contributed by atoms with E-state index in [2.05, 4.69) is 30.1 Å². The molecule has 0 aromatic heterocycles. The monoisotopic (exact) mass is 231 g/mol. The van der Waals surface area contributed by atoms with Gasteiger partial charge in [0.15, 0.2) is 0 Å². The van der Waals surface area contributed by atoms with E-state index in [0.29, 0.717) is 0 Å². The van der Waals surface area contributed by atoms with E-state index in [0.717, 1.165) is 19.4 Å². The Morgan fingerprint density at radius 1 is 1.47 bits per heavy atom. The third-order valence-corrected chi connectivity index (χ3v) is 3.99. The van der Waals surface area contributed by atoms with Crippen molar-refractivity contribution in [3.05, 3.63) is 29.3 Å². The maximum Gasteiger partial charge on any atom is 0.307 e. The molecule has 1 aromatic carbocycles. The lowest BCUT2D eigenvalue weighted by Gasteiger charge is -2.27. The van der Waals surface area contributed by atoms with Crippen molar-refractivity contribution < 1.29 is 9.90 Å². The van der Waals surface area contributed by atoms with Crippen LogP contribution < -0.4 is 4.90 Å². The van der Waals surface area contributed by atoms with Gasteiger partial charge in [-0.3, -0.25) is 4.79 Å². The number of benzene rings is 1. The number of aliphatic carboxylic acids is 1. The van der Waals surface area contributed by atoms with Crippen LogP contribution in [0, 0.1) is 5.92 Å². The van der Waals surface area contributed by atoms with E-state index in [1.807, 2.05) is 0 Å². The van der Waals surface area contributed by atoms with Gasteiger partial charge >= 0.3 is 5.97 Å². The fourth-order valence-corrected chi connectivity index (χ4v) is 2.87. The van der Waals surface area contributed by atoms with Crippen molar-refractivity contribution in [3.63, 3.8) is 0 Å². The minimum absolute atomic E-state index is 0.144. The van der Waals surface area contributed by atoms with Crippen molar-refractivity contribution in [2.75, 3.05) is 18.5 Å². The zero-order valence-corrected chi connectivity index (χ0v) is 10.0. The van der Waals surface area contributed by atoms with Crippen LogP contribution in [0.4, 0.5) is 5.69 Å². The number of carboxylic acid groups (broad SMARTS) is 1. The SMILES string of the molecule is CN1CCCc2cc(C3CC3C(=O)O)ccc21. The number of carbonyl (C=O) groups is 1. The minimum Gasteiger partial charge on any atom is -0.481 e. The van der Waals surface area contributed by atoms with E-state index in [4.69, 9.17) is 5.11 Å². The summed E-state index contributed by atoms with van der Waals surface area (Å²) >= 11 is 0. The van der Waals surface area contributed by atoms with Gasteiger partial charge in [0.25, 0.3) is 0 Å². The van der Waals surface area contributed by atoms with Gasteiger partial charge in [0.2, 0.25) is 0 Å². The highest BCUT2D eigenvalue weighted by molar-refractivity contribution is 5.75. The summed E-state index contributed by atoms with van der Waals surface area (Å²) in [5.74, 6) is -0.538. The van der Waals surface area contributed by atoms with Gasteiger partial charge in [0.05, 0.1) is 5.92 Å². The Balaban J connectivity index is 1.87. The van der Waals surface area contributed by atoms with Crippen molar-refractivity contribution in [1.29, 1.82) is 0 Å². The molecule has 1 saturated carbocycles. The molecule has 2 atom stereocenters. The van der Waals surface area contributed by atoms with Crippen molar-refractivity contribution >= 4 is 11.7 Å². The van der Waals surface area contributed by atoms with Gasteiger partial charge in [-0.25, -0.2) is 0 Å². The van der Waals surface area contributed by atoms with Gasteiger partial charge in [-0.15, -0.1) is 0 Å². The van der Waals surface area contributed by atoms with Crippen LogP contribution in [0.1, 0.15) is 29.9 Å². The van der Waals surface area contributed by atoms with Crippen LogP contribution in [-0.2, 0) is 11.2 Å². The molecule has 3 heteroatoms. The first kappa shape index (κ1) is 10.6. The molecule has 0 bridgehead atoms. The van der Waals surface area contributed by atoms with Gasteiger partial charge in [-0.05, 0) is 42.4 Å². The molecule has 1 fully saturated rings. The fraction of sp³-hybridized carbons (Fsp3) is 0.500. The van der Waals surface area contributed by atoms with E-state index in [9.17, 15) is 4.79 Å². The van der Waals surface area contributed by atoms with E-state index >= 15 is 0 Å². The summed E-state index contributed by atoms with van der Waals surface area (Å²) < 4.78 is 0. The Morgan fingerprint density at radius 2 is 2.29 bits per heavy atom. The van der Waals surface area contributed by atoms with E-state index in [-0.39, 0.29) is 11.8 Å². The molecule has 0 saturated heterocycles. The third-order valence-electron chi connectivity index (χ3n) is 3.99. The molecule has 1 N–H and O–H groups in total. The molecule has 1 heterocycles. The van der Waals surface area contributed by atoms with E-state index in [1.165, 1.54) is 23.2 Å². The van der Waals surface area contributed by atoms with Crippen LogP contribution in [-0.4, -0.2) is 24.7 Å². The number of anilines is 1. The van der Waals surface area contributed by atoms with Gasteiger partial charge in [0, 0.05) is 19.3 Å². The highest BCUT2D eigenvalue weighted by atomic mass is 16.4. The highest BCUT2D eigenvalue weighted by Crippen LogP contribution is 2.48. The Labute approximate surface area is 101 Å². The molecule has 1 aliphatic carbocycles. The van der Waals surface area contributed by atoms with Gasteiger partial charge in [-0.1, -0.05) is 12.1 Å². The number of carboxylic acids is 1. The van der Waals surface area contributed by atoms with Crippen LogP contribution in [0.2, 0.25) is 0 Å². The zero-order valence-electron chi connectivity index (χ0n) is 10.0. The standard InChI is InChI=1S/C14H17NO2/c1-15-6-2-3-10-7-9(4-5-13(10)15)11-8-12(11)14(16)17/h4-5,7,11-12H,2-3,6,8H2,1H3,(H,16,17). The molecule has 90 valence electrons. The third kappa shape index (κ3) is 1.79. The number of rotatable bonds is 2. The first-order valence-corrected chi connectivity index (χ1v) is 6.23. The topological polar surface area (TPSA) is 40.5 Å². The lowest BCUT2D eigenvalue weighted by atomic mass is 9.97. The molecule has 3 rings (SSSR count). The van der Waals surface area contributed by atoms with Crippen LogP contribution in [0.3, 0.4) is 0 Å². The molecule has 3 nitrogen and oxygen atoms in total. The second-order valence-electron chi connectivity index (χ2n) is 5.20. The average molecular weight is 231 g/mol. The van der Waals surface area contributed by atoms with Crippen LogP contribution in [0.15, 0.2) is 18.2 Å². The molecular weight excluding hydrogens is 214 g/mol. The predicted octanol–water partition coefficient (Wildman–Crippen LogP) is 2.26. The van der Waals surface area contributed by atoms with E-state index < -0.39 is 5.97 Å². The summed E-state index contributed by atoms with van der Waals surface area (Å²) in [6.07, 6.45) is 3.13. The Morgan fingerprint density at radius 3 is 3.00 bits per heavy atom. The molecule has 0 amide bonds.